The fourth-order valence-electron chi connectivity index (χ4n) is 3.93. The summed E-state index contributed by atoms with van der Waals surface area (Å²) in [6.45, 7) is 3.85. The lowest BCUT2D eigenvalue weighted by atomic mass is 9.98. The average molecular weight is 450 g/mol. The van der Waals surface area contributed by atoms with Crippen LogP contribution in [0.5, 0.6) is 11.5 Å². The predicted molar refractivity (Wildman–Crippen MR) is 125 cm³/mol. The van der Waals surface area contributed by atoms with Gasteiger partial charge in [0.1, 0.15) is 11.8 Å². The molecule has 0 aliphatic carbocycles. The summed E-state index contributed by atoms with van der Waals surface area (Å²) in [4.78, 5) is 28.7. The van der Waals surface area contributed by atoms with Gasteiger partial charge in [0.2, 0.25) is 0 Å². The standard InChI is InChI=1S/C25H23NO5S/c1-14-6-5-7-17(12-14)26-21(24-15(2)10-11-32-24)20(23(28)25(26)29)22(27)16-8-9-18(30-3)19(13-16)31-4/h5-13,21,27H,1-4H3/b22-20-. The van der Waals surface area contributed by atoms with Gasteiger partial charge in [0.15, 0.2) is 11.5 Å². The molecule has 4 rings (SSSR count). The summed E-state index contributed by atoms with van der Waals surface area (Å²) in [6, 6.07) is 13.5. The molecule has 1 amide bonds. The maximum Gasteiger partial charge on any atom is 0.300 e. The Morgan fingerprint density at radius 1 is 1.00 bits per heavy atom. The molecule has 1 aliphatic heterocycles. The number of hydrogen-bond donors (Lipinski definition) is 1. The van der Waals surface area contributed by atoms with E-state index in [1.165, 1.54) is 30.5 Å². The van der Waals surface area contributed by atoms with Crippen molar-refractivity contribution >= 4 is 34.5 Å². The topological polar surface area (TPSA) is 76.1 Å². The Hall–Kier alpha value is -3.58. The van der Waals surface area contributed by atoms with E-state index in [0.717, 1.165) is 16.0 Å². The molecule has 0 bridgehead atoms. The van der Waals surface area contributed by atoms with Gasteiger partial charge < -0.3 is 14.6 Å². The number of benzene rings is 2. The molecule has 1 aliphatic rings. The third kappa shape index (κ3) is 3.54. The first-order valence-electron chi connectivity index (χ1n) is 10.0. The molecule has 1 saturated heterocycles. The van der Waals surface area contributed by atoms with E-state index >= 15 is 0 Å². The van der Waals surface area contributed by atoms with Crippen LogP contribution in [0.1, 0.15) is 27.6 Å². The van der Waals surface area contributed by atoms with Crippen molar-refractivity contribution in [3.8, 4) is 11.5 Å². The second kappa shape index (κ2) is 8.51. The van der Waals surface area contributed by atoms with Gasteiger partial charge in [-0.15, -0.1) is 11.3 Å². The maximum absolute atomic E-state index is 13.2. The first-order chi connectivity index (χ1) is 15.4. The fourth-order valence-corrected chi connectivity index (χ4v) is 4.95. The van der Waals surface area contributed by atoms with E-state index in [2.05, 4.69) is 0 Å². The molecule has 1 fully saturated rings. The molecule has 0 radical (unpaired) electrons. The Balaban J connectivity index is 1.95. The van der Waals surface area contributed by atoms with Crippen molar-refractivity contribution in [2.24, 2.45) is 0 Å². The number of aryl methyl sites for hydroxylation is 2. The number of Topliss-reactive ketones (excluding diaryl/α,β-unsaturated/α-hetero) is 1. The van der Waals surface area contributed by atoms with Crippen LogP contribution >= 0.6 is 11.3 Å². The molecular weight excluding hydrogens is 426 g/mol. The Kier molecular flexibility index (Phi) is 5.76. The van der Waals surface area contributed by atoms with Crippen molar-refractivity contribution < 1.29 is 24.2 Å². The van der Waals surface area contributed by atoms with Crippen molar-refractivity contribution in [3.05, 3.63) is 81.1 Å². The Labute approximate surface area is 190 Å². The predicted octanol–water partition coefficient (Wildman–Crippen LogP) is 5.01. The van der Waals surface area contributed by atoms with E-state index in [4.69, 9.17) is 9.47 Å². The molecule has 1 unspecified atom stereocenters. The lowest BCUT2D eigenvalue weighted by Gasteiger charge is -2.25. The van der Waals surface area contributed by atoms with Gasteiger partial charge in [0.25, 0.3) is 11.7 Å². The summed E-state index contributed by atoms with van der Waals surface area (Å²) in [5.41, 5.74) is 2.93. The van der Waals surface area contributed by atoms with Crippen molar-refractivity contribution in [2.45, 2.75) is 19.9 Å². The third-order valence-corrected chi connectivity index (χ3v) is 6.60. The van der Waals surface area contributed by atoms with Gasteiger partial charge in [0, 0.05) is 16.1 Å². The van der Waals surface area contributed by atoms with Crippen LogP contribution in [0.15, 0.2) is 59.5 Å². The summed E-state index contributed by atoms with van der Waals surface area (Å²) >= 11 is 1.45. The zero-order valence-corrected chi connectivity index (χ0v) is 19.0. The number of thiophene rings is 1. The van der Waals surface area contributed by atoms with Crippen molar-refractivity contribution in [1.82, 2.24) is 0 Å². The lowest BCUT2D eigenvalue weighted by molar-refractivity contribution is -0.132. The maximum atomic E-state index is 13.2. The van der Waals surface area contributed by atoms with Crippen LogP contribution in [0.4, 0.5) is 5.69 Å². The second-order valence-electron chi connectivity index (χ2n) is 7.55. The molecule has 32 heavy (non-hydrogen) atoms. The van der Waals surface area contributed by atoms with E-state index < -0.39 is 17.7 Å². The summed E-state index contributed by atoms with van der Waals surface area (Å²) < 4.78 is 10.6. The van der Waals surface area contributed by atoms with Gasteiger partial charge in [0.05, 0.1) is 19.8 Å². The SMILES string of the molecule is COc1ccc(/C(O)=C2/C(=O)C(=O)N(c3cccc(C)c3)C2c2sccc2C)cc1OC. The number of ether oxygens (including phenoxy) is 2. The van der Waals surface area contributed by atoms with Gasteiger partial charge >= 0.3 is 0 Å². The van der Waals surface area contributed by atoms with Gasteiger partial charge in [-0.2, -0.15) is 0 Å². The zero-order valence-electron chi connectivity index (χ0n) is 18.2. The van der Waals surface area contributed by atoms with Gasteiger partial charge in [-0.3, -0.25) is 14.5 Å². The molecule has 164 valence electrons. The van der Waals surface area contributed by atoms with E-state index in [9.17, 15) is 14.7 Å². The van der Waals surface area contributed by atoms with Crippen LogP contribution in [0.2, 0.25) is 0 Å². The van der Waals surface area contributed by atoms with Gasteiger partial charge in [-0.05, 0) is 66.8 Å². The minimum atomic E-state index is -0.732. The first kappa shape index (κ1) is 21.6. The van der Waals surface area contributed by atoms with Crippen LogP contribution < -0.4 is 14.4 Å². The summed E-state index contributed by atoms with van der Waals surface area (Å²) in [7, 11) is 3.01. The van der Waals surface area contributed by atoms with Crippen molar-refractivity contribution in [3.63, 3.8) is 0 Å². The quantitative estimate of drug-likeness (QED) is 0.337. The zero-order chi connectivity index (χ0) is 23.0. The number of hydrogen-bond acceptors (Lipinski definition) is 6. The highest BCUT2D eigenvalue weighted by Crippen LogP contribution is 2.45. The molecule has 1 aromatic heterocycles. The Morgan fingerprint density at radius 2 is 1.75 bits per heavy atom. The number of rotatable bonds is 5. The van der Waals surface area contributed by atoms with E-state index in [-0.39, 0.29) is 11.3 Å². The van der Waals surface area contributed by atoms with E-state index in [1.807, 2.05) is 43.5 Å². The number of ketones is 1. The molecule has 7 heteroatoms. The van der Waals surface area contributed by atoms with Crippen LogP contribution in [-0.2, 0) is 9.59 Å². The van der Waals surface area contributed by atoms with Gasteiger partial charge in [-0.1, -0.05) is 12.1 Å². The number of carbonyl (C=O) groups excluding carboxylic acids is 2. The Morgan fingerprint density at radius 3 is 2.38 bits per heavy atom. The van der Waals surface area contributed by atoms with E-state index in [0.29, 0.717) is 22.7 Å². The number of carbonyl (C=O) groups is 2. The van der Waals surface area contributed by atoms with Crippen molar-refractivity contribution in [2.75, 3.05) is 19.1 Å². The second-order valence-corrected chi connectivity index (χ2v) is 8.49. The highest BCUT2D eigenvalue weighted by molar-refractivity contribution is 7.10. The minimum Gasteiger partial charge on any atom is -0.507 e. The summed E-state index contributed by atoms with van der Waals surface area (Å²) in [5.74, 6) is -0.743. The molecular formula is C25H23NO5S. The number of anilines is 1. The molecule has 3 aromatic rings. The number of aliphatic hydroxyl groups excluding tert-OH is 1. The van der Waals surface area contributed by atoms with Crippen LogP contribution in [0.3, 0.4) is 0 Å². The summed E-state index contributed by atoms with van der Waals surface area (Å²) in [6.07, 6.45) is 0. The van der Waals surface area contributed by atoms with E-state index in [1.54, 1.807) is 24.3 Å². The number of amides is 1. The summed E-state index contributed by atoms with van der Waals surface area (Å²) in [5, 5.41) is 13.2. The molecule has 2 heterocycles. The lowest BCUT2D eigenvalue weighted by Crippen LogP contribution is -2.29. The highest BCUT2D eigenvalue weighted by Gasteiger charge is 2.48. The first-order valence-corrected chi connectivity index (χ1v) is 10.9. The average Bonchev–Trinajstić information content (AvgIpc) is 3.33. The largest absolute Gasteiger partial charge is 0.507 e. The smallest absolute Gasteiger partial charge is 0.300 e. The number of methoxy groups -OCH3 is 2. The van der Waals surface area contributed by atoms with Crippen LogP contribution in [0, 0.1) is 13.8 Å². The minimum absolute atomic E-state index is 0.0503. The van der Waals surface area contributed by atoms with Gasteiger partial charge in [-0.25, -0.2) is 0 Å². The normalized spacial score (nSPS) is 17.6. The fraction of sp³-hybridized carbons (Fsp3) is 0.200. The van der Waals surface area contributed by atoms with Crippen molar-refractivity contribution in [1.29, 1.82) is 0 Å². The molecule has 1 atom stereocenters. The molecule has 0 spiro atoms. The highest BCUT2D eigenvalue weighted by atomic mass is 32.1. The molecule has 6 nitrogen and oxygen atoms in total. The van der Waals surface area contributed by atoms with Crippen LogP contribution in [-0.4, -0.2) is 31.0 Å². The third-order valence-electron chi connectivity index (χ3n) is 5.53. The Bertz CT molecular complexity index is 1240. The monoisotopic (exact) mass is 449 g/mol. The molecule has 0 saturated carbocycles. The van der Waals surface area contributed by atoms with Crippen LogP contribution in [0.25, 0.3) is 5.76 Å². The number of aliphatic hydroxyl groups is 1. The molecule has 1 N–H and O–H groups in total. The number of nitrogens with zero attached hydrogens (tertiary/aromatic N) is 1. The molecule has 2 aromatic carbocycles.